The largest absolute Gasteiger partial charge is 0.462 e. The second kappa shape index (κ2) is 21.0. The molecule has 0 spiro atoms. The molecular formula is C62H102O4. The molecule has 8 rings (SSSR count). The summed E-state index contributed by atoms with van der Waals surface area (Å²) in [5.74, 6) is 10.2. The minimum absolute atomic E-state index is 0.0188. The molecule has 66 heavy (non-hydrogen) atoms. The van der Waals surface area contributed by atoms with E-state index in [0.29, 0.717) is 23.7 Å². The SMILES string of the molecule is CC(C)CCC[C@@H](C)[C@H]1CC[C@H]2[C@@H]3CC=C4C[C@@H](OC(=O)CCCCCCC(=O)O[C@H]5CC[C@@]6(C)C(=CC[C@H]7[C@@H]8CC[C@H]([C@H](C)CCCC(C)C)[C@@]8(C)CC[C@@H]76)C5)CC[C@]4(C)[C@H]3CC[C@]12C. The Morgan fingerprint density at radius 1 is 0.500 bits per heavy atom. The van der Waals surface area contributed by atoms with Crippen molar-refractivity contribution in [2.45, 2.75) is 261 Å². The Hall–Kier alpha value is -1.58. The summed E-state index contributed by atoms with van der Waals surface area (Å²) < 4.78 is 12.4. The van der Waals surface area contributed by atoms with E-state index < -0.39 is 0 Å². The molecule has 8 aliphatic rings. The standard InChI is InChI=1S/C62H102O4/c1-41(2)17-15-19-43(5)51-27-29-53-49-25-23-45-39-47(31-35-59(45,7)55(49)33-37-61(51,53)9)65-57(63)21-13-11-12-14-22-58(64)66-48-32-36-60(8)46(40-48)24-26-50-54-30-28-52(44(6)20-16-18-42(3)4)62(54,10)38-34-56(50)60/h23-24,41-44,47-56H,11-22,25-40H2,1-10H3/t43-,44-,47+,48+,49+,50+,51-,52-,53+,54+,55+,56+,59+,60+,61-,62-/m1/s1. The topological polar surface area (TPSA) is 52.6 Å². The fraction of sp³-hybridized carbons (Fsp3) is 0.903. The lowest BCUT2D eigenvalue weighted by molar-refractivity contribution is -0.152. The van der Waals surface area contributed by atoms with Crippen molar-refractivity contribution in [1.29, 1.82) is 0 Å². The summed E-state index contributed by atoms with van der Waals surface area (Å²) in [5, 5.41) is 0. The van der Waals surface area contributed by atoms with Gasteiger partial charge in [-0.25, -0.2) is 0 Å². The van der Waals surface area contributed by atoms with Crippen LogP contribution in [0.1, 0.15) is 249 Å². The zero-order chi connectivity index (χ0) is 47.0. The van der Waals surface area contributed by atoms with Crippen molar-refractivity contribution in [2.75, 3.05) is 0 Å². The van der Waals surface area contributed by atoms with Crippen LogP contribution in [0.4, 0.5) is 0 Å². The Labute approximate surface area is 406 Å². The number of carbonyl (C=O) groups is 2. The van der Waals surface area contributed by atoms with Gasteiger partial charge in [-0.05, 0) is 195 Å². The number of ether oxygens (including phenoxy) is 2. The average Bonchev–Trinajstić information content (AvgIpc) is 3.81. The number of hydrogen-bond acceptors (Lipinski definition) is 4. The average molecular weight is 911 g/mol. The quantitative estimate of drug-likeness (QED) is 0.0736. The molecule has 4 nitrogen and oxygen atoms in total. The predicted molar refractivity (Wildman–Crippen MR) is 274 cm³/mol. The fourth-order valence-electron chi connectivity index (χ4n) is 18.9. The molecule has 0 aromatic heterocycles. The van der Waals surface area contributed by atoms with Gasteiger partial charge in [0.1, 0.15) is 12.2 Å². The molecule has 0 aromatic rings. The molecule has 0 saturated heterocycles. The zero-order valence-electron chi connectivity index (χ0n) is 44.7. The minimum Gasteiger partial charge on any atom is -0.462 e. The minimum atomic E-state index is -0.0188. The molecule has 0 N–H and O–H groups in total. The molecule has 6 fully saturated rings. The van der Waals surface area contributed by atoms with Crippen LogP contribution in [0.5, 0.6) is 0 Å². The molecule has 6 saturated carbocycles. The molecule has 4 heteroatoms. The molecule has 0 unspecified atom stereocenters. The van der Waals surface area contributed by atoms with Gasteiger partial charge in [0.15, 0.2) is 0 Å². The van der Waals surface area contributed by atoms with Gasteiger partial charge in [0.25, 0.3) is 0 Å². The summed E-state index contributed by atoms with van der Waals surface area (Å²) in [6.45, 7) is 25.2. The summed E-state index contributed by atoms with van der Waals surface area (Å²) in [6, 6.07) is 0. The monoisotopic (exact) mass is 911 g/mol. The Balaban J connectivity index is 0.717. The molecule has 0 aromatic carbocycles. The molecule has 0 radical (unpaired) electrons. The van der Waals surface area contributed by atoms with Crippen LogP contribution in [0.25, 0.3) is 0 Å². The van der Waals surface area contributed by atoms with Crippen LogP contribution in [-0.4, -0.2) is 24.1 Å². The number of carbonyl (C=O) groups excluding carboxylic acids is 2. The van der Waals surface area contributed by atoms with Crippen molar-refractivity contribution in [2.24, 2.45) is 92.7 Å². The highest BCUT2D eigenvalue weighted by Crippen LogP contribution is 2.69. The molecule has 0 heterocycles. The van der Waals surface area contributed by atoms with E-state index in [2.05, 4.69) is 81.4 Å². The Morgan fingerprint density at radius 3 is 1.30 bits per heavy atom. The van der Waals surface area contributed by atoms with E-state index in [1.807, 2.05) is 0 Å². The molecule has 8 aliphatic carbocycles. The van der Waals surface area contributed by atoms with Crippen molar-refractivity contribution in [3.63, 3.8) is 0 Å². The fourth-order valence-corrected chi connectivity index (χ4v) is 18.9. The lowest BCUT2D eigenvalue weighted by Crippen LogP contribution is -2.51. The van der Waals surface area contributed by atoms with Crippen molar-refractivity contribution >= 4 is 11.9 Å². The zero-order valence-corrected chi connectivity index (χ0v) is 44.7. The van der Waals surface area contributed by atoms with Crippen LogP contribution in [-0.2, 0) is 19.1 Å². The first-order chi connectivity index (χ1) is 31.5. The highest BCUT2D eigenvalue weighted by atomic mass is 16.5. The maximum absolute atomic E-state index is 13.1. The van der Waals surface area contributed by atoms with Gasteiger partial charge >= 0.3 is 11.9 Å². The van der Waals surface area contributed by atoms with Gasteiger partial charge < -0.3 is 9.47 Å². The maximum Gasteiger partial charge on any atom is 0.306 e. The van der Waals surface area contributed by atoms with Gasteiger partial charge in [0, 0.05) is 25.7 Å². The Bertz CT molecular complexity index is 1600. The van der Waals surface area contributed by atoms with Crippen LogP contribution >= 0.6 is 0 Å². The number of rotatable bonds is 19. The van der Waals surface area contributed by atoms with E-state index in [9.17, 15) is 9.59 Å². The summed E-state index contributed by atoms with van der Waals surface area (Å²) >= 11 is 0. The Kier molecular flexibility index (Phi) is 16.2. The second-order valence-electron chi connectivity index (χ2n) is 27.2. The number of unbranched alkanes of at least 4 members (excludes halogenated alkanes) is 3. The highest BCUT2D eigenvalue weighted by Gasteiger charge is 2.61. The van der Waals surface area contributed by atoms with Crippen molar-refractivity contribution < 1.29 is 19.1 Å². The number of allylic oxidation sites excluding steroid dienone is 2. The normalized spacial score (nSPS) is 41.3. The van der Waals surface area contributed by atoms with Crippen molar-refractivity contribution in [1.82, 2.24) is 0 Å². The van der Waals surface area contributed by atoms with Crippen LogP contribution in [0, 0.1) is 92.7 Å². The molecular weight excluding hydrogens is 809 g/mol. The van der Waals surface area contributed by atoms with E-state index in [-0.39, 0.29) is 35.0 Å². The summed E-state index contributed by atoms with van der Waals surface area (Å²) in [5.41, 5.74) is 4.83. The summed E-state index contributed by atoms with van der Waals surface area (Å²) in [7, 11) is 0. The van der Waals surface area contributed by atoms with Gasteiger partial charge in [-0.3, -0.25) is 9.59 Å². The first-order valence-electron chi connectivity index (χ1n) is 29.2. The molecule has 374 valence electrons. The third kappa shape index (κ3) is 10.3. The van der Waals surface area contributed by atoms with Gasteiger partial charge in [0.2, 0.25) is 0 Å². The lowest BCUT2D eigenvalue weighted by Gasteiger charge is -2.58. The van der Waals surface area contributed by atoms with Gasteiger partial charge in [0.05, 0.1) is 0 Å². The predicted octanol–water partition coefficient (Wildman–Crippen LogP) is 17.2. The van der Waals surface area contributed by atoms with E-state index in [0.717, 1.165) is 122 Å². The number of esters is 2. The summed E-state index contributed by atoms with van der Waals surface area (Å²) in [6.07, 6.45) is 38.5. The van der Waals surface area contributed by atoms with Crippen molar-refractivity contribution in [3.05, 3.63) is 23.3 Å². The Morgan fingerprint density at radius 2 is 0.909 bits per heavy atom. The van der Waals surface area contributed by atoms with E-state index in [4.69, 9.17) is 9.47 Å². The summed E-state index contributed by atoms with van der Waals surface area (Å²) in [4.78, 5) is 26.2. The van der Waals surface area contributed by atoms with Gasteiger partial charge in [-0.15, -0.1) is 0 Å². The van der Waals surface area contributed by atoms with E-state index >= 15 is 0 Å². The molecule has 0 bridgehead atoms. The van der Waals surface area contributed by atoms with E-state index in [1.165, 1.54) is 116 Å². The maximum atomic E-state index is 13.1. The van der Waals surface area contributed by atoms with Crippen LogP contribution in [0.2, 0.25) is 0 Å². The smallest absolute Gasteiger partial charge is 0.306 e. The van der Waals surface area contributed by atoms with Gasteiger partial charge in [-0.1, -0.05) is 144 Å². The van der Waals surface area contributed by atoms with Crippen LogP contribution in [0.3, 0.4) is 0 Å². The van der Waals surface area contributed by atoms with Gasteiger partial charge in [-0.2, -0.15) is 0 Å². The number of hydrogen-bond donors (Lipinski definition) is 0. The molecule has 0 amide bonds. The molecule has 0 aliphatic heterocycles. The first kappa shape index (κ1) is 50.8. The number of fused-ring (bicyclic) bond motifs is 10. The highest BCUT2D eigenvalue weighted by molar-refractivity contribution is 5.70. The van der Waals surface area contributed by atoms with Crippen LogP contribution < -0.4 is 0 Å². The van der Waals surface area contributed by atoms with Crippen LogP contribution in [0.15, 0.2) is 23.3 Å². The second-order valence-corrected chi connectivity index (χ2v) is 27.2. The third-order valence-electron chi connectivity index (χ3n) is 22.6. The third-order valence-corrected chi connectivity index (χ3v) is 22.6. The molecule has 16 atom stereocenters. The lowest BCUT2D eigenvalue weighted by atomic mass is 9.47. The van der Waals surface area contributed by atoms with E-state index in [1.54, 1.807) is 11.1 Å². The first-order valence-corrected chi connectivity index (χ1v) is 29.2. The van der Waals surface area contributed by atoms with Crippen molar-refractivity contribution in [3.8, 4) is 0 Å².